The number of rotatable bonds is 1. The lowest BCUT2D eigenvalue weighted by Gasteiger charge is -2.32. The topological polar surface area (TPSA) is 57.6 Å². The molecule has 1 aliphatic heterocycles. The van der Waals surface area contributed by atoms with E-state index in [1.807, 2.05) is 0 Å². The normalized spacial score (nSPS) is 33.2. The van der Waals surface area contributed by atoms with Gasteiger partial charge >= 0.3 is 18.1 Å². The van der Waals surface area contributed by atoms with Gasteiger partial charge in [0.05, 0.1) is 0 Å². The summed E-state index contributed by atoms with van der Waals surface area (Å²) in [7, 11) is 0. The van der Waals surface area contributed by atoms with E-state index in [-0.39, 0.29) is 5.92 Å². The number of carboxylic acids is 1. The van der Waals surface area contributed by atoms with Gasteiger partial charge in [0.15, 0.2) is 0 Å². The molecule has 1 saturated heterocycles. The Labute approximate surface area is 89.0 Å². The predicted octanol–water partition coefficient (Wildman–Crippen LogP) is 1.01. The van der Waals surface area contributed by atoms with Crippen molar-refractivity contribution in [3.05, 3.63) is 0 Å². The van der Waals surface area contributed by atoms with Crippen molar-refractivity contribution in [1.29, 1.82) is 0 Å². The first kappa shape index (κ1) is 11.2. The van der Waals surface area contributed by atoms with Crippen molar-refractivity contribution in [2.45, 2.75) is 37.5 Å². The second-order valence-corrected chi connectivity index (χ2v) is 4.22. The number of halogens is 3. The molecule has 2 aliphatic rings. The minimum absolute atomic E-state index is 0.325. The summed E-state index contributed by atoms with van der Waals surface area (Å²) >= 11 is 0. The van der Waals surface area contributed by atoms with Crippen molar-refractivity contribution in [2.24, 2.45) is 5.92 Å². The van der Waals surface area contributed by atoms with Crippen LogP contribution in [-0.2, 0) is 9.59 Å². The van der Waals surface area contributed by atoms with Crippen LogP contribution in [0.4, 0.5) is 13.2 Å². The highest BCUT2D eigenvalue weighted by Gasteiger charge is 2.57. The van der Waals surface area contributed by atoms with Gasteiger partial charge in [-0.1, -0.05) is 0 Å². The quantitative estimate of drug-likeness (QED) is 0.740. The molecule has 7 heteroatoms. The minimum Gasteiger partial charge on any atom is -0.480 e. The molecule has 0 unspecified atom stereocenters. The average Bonchev–Trinajstić information content (AvgIpc) is 2.72. The first-order valence-electron chi connectivity index (χ1n) is 4.94. The number of hydrogen-bond acceptors (Lipinski definition) is 2. The van der Waals surface area contributed by atoms with Gasteiger partial charge in [-0.25, -0.2) is 4.79 Å². The molecule has 3 atom stereocenters. The van der Waals surface area contributed by atoms with E-state index in [4.69, 9.17) is 5.11 Å². The summed E-state index contributed by atoms with van der Waals surface area (Å²) in [6, 6.07) is -1.85. The maximum Gasteiger partial charge on any atom is 0.471 e. The highest BCUT2D eigenvalue weighted by Crippen LogP contribution is 2.44. The fourth-order valence-electron chi connectivity index (χ4n) is 2.74. The van der Waals surface area contributed by atoms with Gasteiger partial charge < -0.3 is 10.0 Å². The Bertz CT molecular complexity index is 341. The van der Waals surface area contributed by atoms with Crippen LogP contribution in [0.1, 0.15) is 19.3 Å². The zero-order valence-electron chi connectivity index (χ0n) is 8.20. The maximum atomic E-state index is 12.3. The van der Waals surface area contributed by atoms with Gasteiger partial charge in [-0.05, 0) is 25.2 Å². The molecule has 90 valence electrons. The molecule has 1 N–H and O–H groups in total. The zero-order chi connectivity index (χ0) is 12.1. The Hall–Kier alpha value is -1.27. The number of carbonyl (C=O) groups is 2. The van der Waals surface area contributed by atoms with E-state index in [1.165, 1.54) is 0 Å². The minimum atomic E-state index is -4.99. The van der Waals surface area contributed by atoms with E-state index >= 15 is 0 Å². The largest absolute Gasteiger partial charge is 0.480 e. The van der Waals surface area contributed by atoms with E-state index in [0.29, 0.717) is 24.2 Å². The molecule has 1 amide bonds. The van der Waals surface area contributed by atoms with Gasteiger partial charge in [-0.15, -0.1) is 0 Å². The monoisotopic (exact) mass is 237 g/mol. The smallest absolute Gasteiger partial charge is 0.471 e. The molecule has 4 nitrogen and oxygen atoms in total. The summed E-state index contributed by atoms with van der Waals surface area (Å²) in [6.45, 7) is 0. The number of piperidine rings is 1. The van der Waals surface area contributed by atoms with Gasteiger partial charge in [0.25, 0.3) is 0 Å². The lowest BCUT2D eigenvalue weighted by molar-refractivity contribution is -0.191. The Morgan fingerprint density at radius 1 is 1.25 bits per heavy atom. The standard InChI is InChI=1S/C9H10F3NO3/c10-9(11,12)8(16)13-5-2-1-4(3-5)6(13)7(14)15/h4-6H,1-3H2,(H,14,15)/t4-,5+,6-/m0/s1. The first-order valence-corrected chi connectivity index (χ1v) is 4.94. The third-order valence-corrected chi connectivity index (χ3v) is 3.32. The Morgan fingerprint density at radius 2 is 1.88 bits per heavy atom. The molecule has 1 saturated carbocycles. The number of aliphatic carboxylic acids is 1. The average molecular weight is 237 g/mol. The van der Waals surface area contributed by atoms with Gasteiger partial charge in [0.1, 0.15) is 6.04 Å². The van der Waals surface area contributed by atoms with Crippen LogP contribution in [0.25, 0.3) is 0 Å². The Balaban J connectivity index is 2.26. The fraction of sp³-hybridized carbons (Fsp3) is 0.778. The summed E-state index contributed by atoms with van der Waals surface area (Å²) in [6.07, 6.45) is -3.56. The molecular weight excluding hydrogens is 227 g/mol. The van der Waals surface area contributed by atoms with Crippen molar-refractivity contribution in [1.82, 2.24) is 4.90 Å². The maximum absolute atomic E-state index is 12.3. The molecule has 1 heterocycles. The summed E-state index contributed by atoms with van der Waals surface area (Å²) in [5.74, 6) is -3.69. The molecular formula is C9H10F3NO3. The molecule has 2 bridgehead atoms. The van der Waals surface area contributed by atoms with Crippen LogP contribution in [0.3, 0.4) is 0 Å². The number of amides is 1. The number of alkyl halides is 3. The molecule has 2 rings (SSSR count). The lowest BCUT2D eigenvalue weighted by atomic mass is 9.99. The van der Waals surface area contributed by atoms with Crippen LogP contribution in [0.2, 0.25) is 0 Å². The van der Waals surface area contributed by atoms with Crippen molar-refractivity contribution in [3.8, 4) is 0 Å². The molecule has 0 radical (unpaired) electrons. The van der Waals surface area contributed by atoms with E-state index in [2.05, 4.69) is 0 Å². The molecule has 0 aromatic carbocycles. The highest BCUT2D eigenvalue weighted by molar-refractivity contribution is 5.88. The van der Waals surface area contributed by atoms with Gasteiger partial charge in [0, 0.05) is 6.04 Å². The number of carbonyl (C=O) groups excluding carboxylic acids is 1. The highest BCUT2D eigenvalue weighted by atomic mass is 19.4. The van der Waals surface area contributed by atoms with Crippen molar-refractivity contribution >= 4 is 11.9 Å². The van der Waals surface area contributed by atoms with Crippen LogP contribution in [0.15, 0.2) is 0 Å². The summed E-state index contributed by atoms with van der Waals surface area (Å²) in [5.41, 5.74) is 0. The molecule has 2 fully saturated rings. The van der Waals surface area contributed by atoms with Crippen LogP contribution in [0.5, 0.6) is 0 Å². The summed E-state index contributed by atoms with van der Waals surface area (Å²) in [5, 5.41) is 8.86. The van der Waals surface area contributed by atoms with Crippen LogP contribution < -0.4 is 0 Å². The van der Waals surface area contributed by atoms with Crippen LogP contribution >= 0.6 is 0 Å². The molecule has 1 aliphatic carbocycles. The van der Waals surface area contributed by atoms with Crippen molar-refractivity contribution in [2.75, 3.05) is 0 Å². The van der Waals surface area contributed by atoms with E-state index < -0.39 is 30.1 Å². The summed E-state index contributed by atoms with van der Waals surface area (Å²) < 4.78 is 36.8. The SMILES string of the molecule is O=C(O)[C@@H]1[C@H]2CC[C@H](C2)N1C(=O)C(F)(F)F. The number of carboxylic acid groups (broad SMARTS) is 1. The molecule has 0 aromatic rings. The van der Waals surface area contributed by atoms with Gasteiger partial charge in [-0.3, -0.25) is 4.79 Å². The second-order valence-electron chi connectivity index (χ2n) is 4.22. The van der Waals surface area contributed by atoms with Crippen molar-refractivity contribution in [3.63, 3.8) is 0 Å². The Kier molecular flexibility index (Phi) is 2.36. The number of nitrogens with zero attached hydrogens (tertiary/aromatic N) is 1. The van der Waals surface area contributed by atoms with Crippen molar-refractivity contribution < 1.29 is 27.9 Å². The second kappa shape index (κ2) is 3.36. The van der Waals surface area contributed by atoms with E-state index in [1.54, 1.807) is 0 Å². The van der Waals surface area contributed by atoms with Crippen LogP contribution in [0, 0.1) is 5.92 Å². The van der Waals surface area contributed by atoms with Crippen LogP contribution in [-0.4, -0.2) is 40.1 Å². The van der Waals surface area contributed by atoms with E-state index in [0.717, 1.165) is 0 Å². The third kappa shape index (κ3) is 1.54. The Morgan fingerprint density at radius 3 is 2.38 bits per heavy atom. The predicted molar refractivity (Wildman–Crippen MR) is 45.5 cm³/mol. The van der Waals surface area contributed by atoms with Gasteiger partial charge in [0.2, 0.25) is 0 Å². The van der Waals surface area contributed by atoms with E-state index in [9.17, 15) is 22.8 Å². The zero-order valence-corrected chi connectivity index (χ0v) is 8.20. The lowest BCUT2D eigenvalue weighted by Crippen LogP contribution is -2.53. The number of fused-ring (bicyclic) bond motifs is 2. The summed E-state index contributed by atoms with van der Waals surface area (Å²) in [4.78, 5) is 22.5. The number of hydrogen-bond donors (Lipinski definition) is 1. The van der Waals surface area contributed by atoms with Gasteiger partial charge in [-0.2, -0.15) is 13.2 Å². The third-order valence-electron chi connectivity index (χ3n) is 3.32. The fourth-order valence-corrected chi connectivity index (χ4v) is 2.74. The number of likely N-dealkylation sites (tertiary alicyclic amines) is 1. The molecule has 0 aromatic heterocycles. The first-order chi connectivity index (χ1) is 7.32. The molecule has 16 heavy (non-hydrogen) atoms. The molecule has 0 spiro atoms.